The van der Waals surface area contributed by atoms with Gasteiger partial charge < -0.3 is 14.8 Å². The number of likely N-dealkylation sites (tertiary alicyclic amines) is 1. The second-order valence-corrected chi connectivity index (χ2v) is 7.58. The lowest BCUT2D eigenvalue weighted by atomic mass is 9.94. The summed E-state index contributed by atoms with van der Waals surface area (Å²) in [6.07, 6.45) is 6.33. The number of nitrogens with zero attached hydrogens (tertiary/aromatic N) is 2. The van der Waals surface area contributed by atoms with E-state index in [4.69, 9.17) is 9.47 Å². The number of piperidine rings is 1. The van der Waals surface area contributed by atoms with Gasteiger partial charge in [-0.3, -0.25) is 14.7 Å². The van der Waals surface area contributed by atoms with E-state index in [1.807, 2.05) is 30.6 Å². The van der Waals surface area contributed by atoms with Gasteiger partial charge >= 0.3 is 0 Å². The van der Waals surface area contributed by atoms with Crippen molar-refractivity contribution in [2.45, 2.75) is 31.8 Å². The van der Waals surface area contributed by atoms with Crippen LogP contribution in [0.2, 0.25) is 0 Å². The fourth-order valence-electron chi connectivity index (χ4n) is 4.02. The van der Waals surface area contributed by atoms with Gasteiger partial charge in [0.2, 0.25) is 5.91 Å². The largest absolute Gasteiger partial charge is 0.493 e. The highest BCUT2D eigenvalue weighted by Crippen LogP contribution is 2.36. The molecule has 3 heterocycles. The number of carbonyl (C=O) groups is 1. The van der Waals surface area contributed by atoms with Crippen LogP contribution in [0.3, 0.4) is 0 Å². The highest BCUT2D eigenvalue weighted by atomic mass is 16.5. The van der Waals surface area contributed by atoms with Gasteiger partial charge in [0.1, 0.15) is 6.61 Å². The van der Waals surface area contributed by atoms with E-state index in [9.17, 15) is 4.79 Å². The molecule has 6 heteroatoms. The summed E-state index contributed by atoms with van der Waals surface area (Å²) < 4.78 is 11.2. The number of para-hydroxylation sites is 1. The molecule has 1 fully saturated rings. The van der Waals surface area contributed by atoms with Crippen molar-refractivity contribution in [1.82, 2.24) is 15.2 Å². The number of hydrogen-bond acceptors (Lipinski definition) is 5. The third kappa shape index (κ3) is 4.28. The molecule has 0 bridgehead atoms. The Morgan fingerprint density at radius 3 is 2.79 bits per heavy atom. The molecule has 148 valence electrons. The average Bonchev–Trinajstić information content (AvgIpc) is 2.75. The Bertz CT molecular complexity index is 804. The number of methoxy groups -OCH3 is 1. The van der Waals surface area contributed by atoms with Gasteiger partial charge in [0.25, 0.3) is 0 Å². The first-order valence-electron chi connectivity index (χ1n) is 9.93. The van der Waals surface area contributed by atoms with Crippen LogP contribution in [0, 0.1) is 5.92 Å². The van der Waals surface area contributed by atoms with Crippen LogP contribution in [0.5, 0.6) is 11.5 Å². The molecule has 1 atom stereocenters. The van der Waals surface area contributed by atoms with Gasteiger partial charge in [0.15, 0.2) is 11.5 Å². The summed E-state index contributed by atoms with van der Waals surface area (Å²) >= 11 is 0. The summed E-state index contributed by atoms with van der Waals surface area (Å²) in [5, 5.41) is 3.25. The van der Waals surface area contributed by atoms with E-state index in [0.717, 1.165) is 49.5 Å². The van der Waals surface area contributed by atoms with E-state index in [-0.39, 0.29) is 17.9 Å². The van der Waals surface area contributed by atoms with Crippen molar-refractivity contribution in [2.24, 2.45) is 5.92 Å². The van der Waals surface area contributed by atoms with Gasteiger partial charge in [-0.25, -0.2) is 0 Å². The molecule has 1 saturated heterocycles. The van der Waals surface area contributed by atoms with Gasteiger partial charge in [-0.2, -0.15) is 0 Å². The molecule has 28 heavy (non-hydrogen) atoms. The minimum Gasteiger partial charge on any atom is -0.493 e. The molecule has 0 radical (unpaired) electrons. The number of nitrogens with one attached hydrogen (secondary N) is 1. The Hall–Kier alpha value is -2.60. The van der Waals surface area contributed by atoms with Gasteiger partial charge in [-0.05, 0) is 48.6 Å². The van der Waals surface area contributed by atoms with E-state index < -0.39 is 0 Å². The number of fused-ring (bicyclic) bond motifs is 1. The number of carbonyl (C=O) groups excluding carboxylic acids is 1. The molecule has 0 spiro atoms. The summed E-state index contributed by atoms with van der Waals surface area (Å²) in [5.41, 5.74) is 2.32. The number of ether oxygens (including phenoxy) is 2. The minimum absolute atomic E-state index is 0.0982. The maximum Gasteiger partial charge on any atom is 0.227 e. The van der Waals surface area contributed by atoms with Gasteiger partial charge in [0, 0.05) is 38.1 Å². The maximum absolute atomic E-state index is 12.8. The summed E-state index contributed by atoms with van der Waals surface area (Å²) in [6.45, 7) is 3.33. The first-order chi connectivity index (χ1) is 13.7. The van der Waals surface area contributed by atoms with E-state index in [1.54, 1.807) is 7.11 Å². The summed E-state index contributed by atoms with van der Waals surface area (Å²) in [6, 6.07) is 10.2. The molecule has 1 aromatic carbocycles. The SMILES string of the molecule is COc1cccc2c1OCC(C(=O)NC1CCN(Cc3ccncc3)CC1)C2. The number of benzene rings is 1. The Kier molecular flexibility index (Phi) is 5.76. The fraction of sp³-hybridized carbons (Fsp3) is 0.455. The summed E-state index contributed by atoms with van der Waals surface area (Å²) in [4.78, 5) is 19.3. The molecule has 1 unspecified atom stereocenters. The predicted molar refractivity (Wildman–Crippen MR) is 106 cm³/mol. The van der Waals surface area contributed by atoms with Crippen molar-refractivity contribution in [2.75, 3.05) is 26.8 Å². The molecule has 2 aromatic rings. The molecular weight excluding hydrogens is 354 g/mol. The third-order valence-electron chi connectivity index (χ3n) is 5.64. The first-order valence-corrected chi connectivity index (χ1v) is 9.93. The Balaban J connectivity index is 1.27. The van der Waals surface area contributed by atoms with Crippen molar-refractivity contribution < 1.29 is 14.3 Å². The van der Waals surface area contributed by atoms with E-state index in [1.165, 1.54) is 5.56 Å². The molecule has 0 saturated carbocycles. The van der Waals surface area contributed by atoms with Crippen LogP contribution in [-0.4, -0.2) is 48.6 Å². The highest BCUT2D eigenvalue weighted by Gasteiger charge is 2.30. The number of rotatable bonds is 5. The molecule has 1 aromatic heterocycles. The fourth-order valence-corrected chi connectivity index (χ4v) is 4.02. The molecule has 1 amide bonds. The molecular formula is C22H27N3O3. The smallest absolute Gasteiger partial charge is 0.227 e. The molecule has 0 aliphatic carbocycles. The summed E-state index contributed by atoms with van der Waals surface area (Å²) in [5.74, 6) is 1.46. The third-order valence-corrected chi connectivity index (χ3v) is 5.64. The Labute approximate surface area is 165 Å². The van der Waals surface area contributed by atoms with E-state index in [2.05, 4.69) is 27.3 Å². The zero-order valence-electron chi connectivity index (χ0n) is 16.3. The molecule has 4 rings (SSSR count). The van der Waals surface area contributed by atoms with E-state index in [0.29, 0.717) is 13.0 Å². The zero-order valence-corrected chi connectivity index (χ0v) is 16.3. The highest BCUT2D eigenvalue weighted by molar-refractivity contribution is 5.80. The van der Waals surface area contributed by atoms with Crippen LogP contribution < -0.4 is 14.8 Å². The van der Waals surface area contributed by atoms with Crippen LogP contribution in [0.4, 0.5) is 0 Å². The molecule has 2 aliphatic heterocycles. The zero-order chi connectivity index (χ0) is 19.3. The van der Waals surface area contributed by atoms with Crippen LogP contribution in [0.25, 0.3) is 0 Å². The molecule has 6 nitrogen and oxygen atoms in total. The number of amides is 1. The monoisotopic (exact) mass is 381 g/mol. The standard InChI is InChI=1S/C22H27N3O3/c1-27-20-4-2-3-17-13-18(15-28-21(17)20)22(26)24-19-7-11-25(12-8-19)14-16-5-9-23-10-6-16/h2-6,9-10,18-19H,7-8,11-15H2,1H3,(H,24,26). The Morgan fingerprint density at radius 1 is 1.25 bits per heavy atom. The Morgan fingerprint density at radius 2 is 2.04 bits per heavy atom. The predicted octanol–water partition coefficient (Wildman–Crippen LogP) is 2.42. The topological polar surface area (TPSA) is 63.7 Å². The molecule has 1 N–H and O–H groups in total. The van der Waals surface area contributed by atoms with Crippen molar-refractivity contribution in [3.8, 4) is 11.5 Å². The lowest BCUT2D eigenvalue weighted by Gasteiger charge is -2.33. The minimum atomic E-state index is -0.144. The summed E-state index contributed by atoms with van der Waals surface area (Å²) in [7, 11) is 1.64. The van der Waals surface area contributed by atoms with Crippen LogP contribution in [0.15, 0.2) is 42.7 Å². The van der Waals surface area contributed by atoms with Crippen molar-refractivity contribution in [1.29, 1.82) is 0 Å². The van der Waals surface area contributed by atoms with Crippen LogP contribution in [0.1, 0.15) is 24.0 Å². The van der Waals surface area contributed by atoms with Crippen LogP contribution in [-0.2, 0) is 17.8 Å². The number of aromatic nitrogens is 1. The van der Waals surface area contributed by atoms with Gasteiger partial charge in [-0.15, -0.1) is 0 Å². The lowest BCUT2D eigenvalue weighted by molar-refractivity contribution is -0.127. The van der Waals surface area contributed by atoms with Gasteiger partial charge in [0.05, 0.1) is 13.0 Å². The quantitative estimate of drug-likeness (QED) is 0.862. The van der Waals surface area contributed by atoms with Crippen molar-refractivity contribution >= 4 is 5.91 Å². The normalized spacial score (nSPS) is 20.1. The van der Waals surface area contributed by atoms with Crippen molar-refractivity contribution in [3.05, 3.63) is 53.9 Å². The number of hydrogen-bond donors (Lipinski definition) is 1. The second-order valence-electron chi connectivity index (χ2n) is 7.58. The second kappa shape index (κ2) is 8.61. The lowest BCUT2D eigenvalue weighted by Crippen LogP contribution is -2.47. The molecule has 2 aliphatic rings. The van der Waals surface area contributed by atoms with Gasteiger partial charge in [-0.1, -0.05) is 12.1 Å². The maximum atomic E-state index is 12.8. The van der Waals surface area contributed by atoms with E-state index >= 15 is 0 Å². The van der Waals surface area contributed by atoms with Crippen LogP contribution >= 0.6 is 0 Å². The van der Waals surface area contributed by atoms with Crippen molar-refractivity contribution in [3.63, 3.8) is 0 Å². The first kappa shape index (κ1) is 18.7. The number of pyridine rings is 1. The average molecular weight is 381 g/mol.